The van der Waals surface area contributed by atoms with Gasteiger partial charge >= 0.3 is 0 Å². The molecule has 0 amide bonds. The molecule has 19 heavy (non-hydrogen) atoms. The van der Waals surface area contributed by atoms with Gasteiger partial charge in [0.1, 0.15) is 5.82 Å². The number of nitrogens with one attached hydrogen (secondary N) is 1. The van der Waals surface area contributed by atoms with Gasteiger partial charge in [0.15, 0.2) is 5.82 Å². The Morgan fingerprint density at radius 2 is 2.26 bits per heavy atom. The van der Waals surface area contributed by atoms with Crippen LogP contribution in [0.2, 0.25) is 0 Å². The van der Waals surface area contributed by atoms with Crippen molar-refractivity contribution in [1.82, 2.24) is 14.8 Å². The summed E-state index contributed by atoms with van der Waals surface area (Å²) in [5, 5.41) is 18.1. The van der Waals surface area contributed by atoms with Crippen molar-refractivity contribution in [3.8, 4) is 5.82 Å². The molecule has 0 fully saturated rings. The van der Waals surface area contributed by atoms with Crippen molar-refractivity contribution in [2.45, 2.75) is 20.3 Å². The fourth-order valence-corrected chi connectivity index (χ4v) is 1.61. The summed E-state index contributed by atoms with van der Waals surface area (Å²) in [7, 11) is 0. The van der Waals surface area contributed by atoms with Gasteiger partial charge in [0, 0.05) is 12.7 Å². The van der Waals surface area contributed by atoms with E-state index in [9.17, 15) is 10.1 Å². The molecular weight excluding hydrogens is 246 g/mol. The summed E-state index contributed by atoms with van der Waals surface area (Å²) in [6.45, 7) is 4.63. The third kappa shape index (κ3) is 3.06. The van der Waals surface area contributed by atoms with Crippen LogP contribution < -0.4 is 5.32 Å². The summed E-state index contributed by atoms with van der Waals surface area (Å²) < 4.78 is 1.53. The molecule has 0 saturated heterocycles. The van der Waals surface area contributed by atoms with E-state index in [2.05, 4.69) is 15.4 Å². The highest BCUT2D eigenvalue weighted by Gasteiger charge is 2.12. The number of anilines is 1. The topological polar surface area (TPSA) is 85.9 Å². The fourth-order valence-electron chi connectivity index (χ4n) is 1.61. The minimum atomic E-state index is -0.432. The van der Waals surface area contributed by atoms with Crippen LogP contribution in [0.5, 0.6) is 0 Å². The zero-order chi connectivity index (χ0) is 13.8. The van der Waals surface area contributed by atoms with Crippen LogP contribution in [0.25, 0.3) is 5.82 Å². The lowest BCUT2D eigenvalue weighted by molar-refractivity contribution is -0.384. The zero-order valence-corrected chi connectivity index (χ0v) is 10.8. The molecule has 2 heterocycles. The Hall–Kier alpha value is -2.44. The van der Waals surface area contributed by atoms with Crippen molar-refractivity contribution in [2.75, 3.05) is 11.9 Å². The molecule has 1 N–H and O–H groups in total. The molecule has 0 atom stereocenters. The van der Waals surface area contributed by atoms with Crippen LogP contribution in [-0.2, 0) is 0 Å². The van der Waals surface area contributed by atoms with Gasteiger partial charge in [-0.2, -0.15) is 5.10 Å². The predicted octanol–water partition coefficient (Wildman–Crippen LogP) is 2.31. The molecule has 2 aromatic rings. The van der Waals surface area contributed by atoms with Gasteiger partial charge in [-0.1, -0.05) is 6.92 Å². The van der Waals surface area contributed by atoms with Gasteiger partial charge in [0.2, 0.25) is 0 Å². The number of pyridine rings is 1. The fraction of sp³-hybridized carbons (Fsp3) is 0.333. The van der Waals surface area contributed by atoms with Crippen molar-refractivity contribution in [1.29, 1.82) is 0 Å². The van der Waals surface area contributed by atoms with Crippen LogP contribution in [-0.4, -0.2) is 26.2 Å². The number of aryl methyl sites for hydroxylation is 1. The van der Waals surface area contributed by atoms with Crippen LogP contribution in [0.3, 0.4) is 0 Å². The lowest BCUT2D eigenvalue weighted by atomic mass is 10.3. The molecule has 0 aliphatic heterocycles. The molecule has 2 rings (SSSR count). The summed E-state index contributed by atoms with van der Waals surface area (Å²) >= 11 is 0. The lowest BCUT2D eigenvalue weighted by Gasteiger charge is -2.06. The van der Waals surface area contributed by atoms with Gasteiger partial charge in [0.25, 0.3) is 5.69 Å². The van der Waals surface area contributed by atoms with Gasteiger partial charge in [-0.15, -0.1) is 0 Å². The number of aromatic nitrogens is 3. The van der Waals surface area contributed by atoms with Crippen molar-refractivity contribution in [3.63, 3.8) is 0 Å². The van der Waals surface area contributed by atoms with Gasteiger partial charge in [-0.25, -0.2) is 9.67 Å². The number of nitro groups is 1. The van der Waals surface area contributed by atoms with Crippen molar-refractivity contribution >= 4 is 11.5 Å². The summed E-state index contributed by atoms with van der Waals surface area (Å²) in [4.78, 5) is 14.8. The highest BCUT2D eigenvalue weighted by atomic mass is 16.6. The molecule has 2 aromatic heterocycles. The van der Waals surface area contributed by atoms with Gasteiger partial charge < -0.3 is 5.32 Å². The summed E-state index contributed by atoms with van der Waals surface area (Å²) in [5.41, 5.74) is 0.966. The van der Waals surface area contributed by atoms with Gasteiger partial charge in [-0.3, -0.25) is 10.1 Å². The van der Waals surface area contributed by atoms with Crippen LogP contribution >= 0.6 is 0 Å². The smallest absolute Gasteiger partial charge is 0.276 e. The van der Waals surface area contributed by atoms with Crippen molar-refractivity contribution in [3.05, 3.63) is 40.2 Å². The normalized spacial score (nSPS) is 10.4. The highest BCUT2D eigenvalue weighted by Crippen LogP contribution is 2.20. The maximum Gasteiger partial charge on any atom is 0.276 e. The minimum absolute atomic E-state index is 0.00300. The van der Waals surface area contributed by atoms with Crippen LogP contribution in [0.1, 0.15) is 18.9 Å². The van der Waals surface area contributed by atoms with E-state index in [4.69, 9.17) is 0 Å². The quantitative estimate of drug-likeness (QED) is 0.659. The first-order valence-corrected chi connectivity index (χ1v) is 6.02. The SMILES string of the molecule is CCCNc1cc([N+](=O)[O-])cc(-n2cc(C)cn2)n1. The Labute approximate surface area is 110 Å². The first-order chi connectivity index (χ1) is 9.10. The zero-order valence-electron chi connectivity index (χ0n) is 10.8. The maximum atomic E-state index is 10.9. The molecule has 0 aliphatic carbocycles. The Balaban J connectivity index is 2.41. The maximum absolute atomic E-state index is 10.9. The van der Waals surface area contributed by atoms with Crippen LogP contribution in [0.15, 0.2) is 24.5 Å². The average Bonchev–Trinajstić information content (AvgIpc) is 2.82. The summed E-state index contributed by atoms with van der Waals surface area (Å²) in [5.74, 6) is 0.917. The van der Waals surface area contributed by atoms with E-state index in [1.807, 2.05) is 13.8 Å². The number of rotatable bonds is 5. The molecule has 0 aromatic carbocycles. The van der Waals surface area contributed by atoms with E-state index in [0.717, 1.165) is 12.0 Å². The first kappa shape index (κ1) is 13.0. The van der Waals surface area contributed by atoms with E-state index in [0.29, 0.717) is 18.2 Å². The largest absolute Gasteiger partial charge is 0.370 e. The molecule has 0 radical (unpaired) electrons. The molecule has 0 aliphatic rings. The van der Waals surface area contributed by atoms with E-state index in [1.54, 1.807) is 12.4 Å². The van der Waals surface area contributed by atoms with Crippen molar-refractivity contribution in [2.24, 2.45) is 0 Å². The monoisotopic (exact) mass is 261 g/mol. The van der Waals surface area contributed by atoms with Crippen molar-refractivity contribution < 1.29 is 4.92 Å². The molecule has 100 valence electrons. The Bertz CT molecular complexity index is 594. The summed E-state index contributed by atoms with van der Waals surface area (Å²) in [6.07, 6.45) is 4.37. The first-order valence-electron chi connectivity index (χ1n) is 6.02. The second-order valence-corrected chi connectivity index (χ2v) is 4.21. The van der Waals surface area contributed by atoms with E-state index < -0.39 is 4.92 Å². The highest BCUT2D eigenvalue weighted by molar-refractivity contribution is 5.50. The molecule has 0 unspecified atom stereocenters. The third-order valence-corrected chi connectivity index (χ3v) is 2.51. The molecule has 7 heteroatoms. The Kier molecular flexibility index (Phi) is 3.74. The molecule has 7 nitrogen and oxygen atoms in total. The number of hydrogen-bond acceptors (Lipinski definition) is 5. The second-order valence-electron chi connectivity index (χ2n) is 4.21. The minimum Gasteiger partial charge on any atom is -0.370 e. The van der Waals surface area contributed by atoms with Crippen LogP contribution in [0.4, 0.5) is 11.5 Å². The predicted molar refractivity (Wildman–Crippen MR) is 71.5 cm³/mol. The Morgan fingerprint density at radius 1 is 1.47 bits per heavy atom. The van der Waals surface area contributed by atoms with E-state index in [1.165, 1.54) is 16.8 Å². The standard InChI is InChI=1S/C12H15N5O2/c1-3-4-13-11-5-10(17(18)19)6-12(15-11)16-8-9(2)7-14-16/h5-8H,3-4H2,1-2H3,(H,13,15). The van der Waals surface area contributed by atoms with E-state index in [-0.39, 0.29) is 5.69 Å². The molecule has 0 bridgehead atoms. The number of nitrogens with zero attached hydrogens (tertiary/aromatic N) is 4. The number of hydrogen-bond donors (Lipinski definition) is 1. The molecular formula is C12H15N5O2. The van der Waals surface area contributed by atoms with Crippen LogP contribution in [0, 0.1) is 17.0 Å². The van der Waals surface area contributed by atoms with E-state index >= 15 is 0 Å². The average molecular weight is 261 g/mol. The third-order valence-electron chi connectivity index (χ3n) is 2.51. The molecule has 0 saturated carbocycles. The van der Waals surface area contributed by atoms with Gasteiger partial charge in [0.05, 0.1) is 23.3 Å². The van der Waals surface area contributed by atoms with Gasteiger partial charge in [-0.05, 0) is 18.9 Å². The Morgan fingerprint density at radius 3 is 2.84 bits per heavy atom. The molecule has 0 spiro atoms. The summed E-state index contributed by atoms with van der Waals surface area (Å²) in [6, 6.07) is 2.83. The second kappa shape index (κ2) is 5.47. The lowest BCUT2D eigenvalue weighted by Crippen LogP contribution is -2.06.